The van der Waals surface area contributed by atoms with E-state index in [0.717, 1.165) is 12.2 Å². The third kappa shape index (κ3) is 1.53. The SMILES string of the molecule is Cn1nc(-c2ccccc2)cc1C1CCN1. The highest BCUT2D eigenvalue weighted by atomic mass is 15.3. The normalized spacial score (nSPS) is 19.4. The molecule has 1 aromatic carbocycles. The Labute approximate surface area is 95.1 Å². The predicted octanol–water partition coefficient (Wildman–Crippen LogP) is 2.12. The van der Waals surface area contributed by atoms with E-state index in [1.165, 1.54) is 17.7 Å². The first kappa shape index (κ1) is 9.60. The van der Waals surface area contributed by atoms with Crippen LogP contribution in [0.25, 0.3) is 11.3 Å². The molecule has 0 amide bonds. The van der Waals surface area contributed by atoms with Gasteiger partial charge in [0.05, 0.1) is 17.4 Å². The third-order valence-electron chi connectivity index (χ3n) is 3.17. The summed E-state index contributed by atoms with van der Waals surface area (Å²) in [5, 5.41) is 7.97. The molecular weight excluding hydrogens is 198 g/mol. The molecule has 1 saturated heterocycles. The molecule has 1 aromatic heterocycles. The number of hydrogen-bond donors (Lipinski definition) is 1. The summed E-state index contributed by atoms with van der Waals surface area (Å²) in [5.74, 6) is 0. The fraction of sp³-hybridized carbons (Fsp3) is 0.308. The smallest absolute Gasteiger partial charge is 0.0926 e. The van der Waals surface area contributed by atoms with Gasteiger partial charge in [0.2, 0.25) is 0 Å². The first-order valence-electron chi connectivity index (χ1n) is 5.67. The fourth-order valence-electron chi connectivity index (χ4n) is 2.10. The van der Waals surface area contributed by atoms with Crippen LogP contribution in [0.5, 0.6) is 0 Å². The van der Waals surface area contributed by atoms with Crippen LogP contribution in [0.4, 0.5) is 0 Å². The molecule has 1 aliphatic heterocycles. The zero-order valence-electron chi connectivity index (χ0n) is 9.35. The molecule has 1 fully saturated rings. The van der Waals surface area contributed by atoms with Gasteiger partial charge in [0.1, 0.15) is 0 Å². The molecule has 3 rings (SSSR count). The molecule has 0 saturated carbocycles. The summed E-state index contributed by atoms with van der Waals surface area (Å²) in [6.07, 6.45) is 1.22. The second kappa shape index (κ2) is 3.76. The Hall–Kier alpha value is -1.61. The zero-order chi connectivity index (χ0) is 11.0. The van der Waals surface area contributed by atoms with E-state index in [2.05, 4.69) is 28.6 Å². The Morgan fingerprint density at radius 2 is 2.06 bits per heavy atom. The average molecular weight is 213 g/mol. The van der Waals surface area contributed by atoms with Crippen molar-refractivity contribution >= 4 is 0 Å². The lowest BCUT2D eigenvalue weighted by Gasteiger charge is -2.27. The van der Waals surface area contributed by atoms with Crippen molar-refractivity contribution in [1.82, 2.24) is 15.1 Å². The van der Waals surface area contributed by atoms with Crippen molar-refractivity contribution in [3.63, 3.8) is 0 Å². The van der Waals surface area contributed by atoms with Crippen molar-refractivity contribution in [3.05, 3.63) is 42.1 Å². The van der Waals surface area contributed by atoms with Crippen molar-refractivity contribution in [2.45, 2.75) is 12.5 Å². The number of rotatable bonds is 2. The second-order valence-electron chi connectivity index (χ2n) is 4.24. The molecule has 0 spiro atoms. The van der Waals surface area contributed by atoms with Gasteiger partial charge in [-0.05, 0) is 19.0 Å². The van der Waals surface area contributed by atoms with Gasteiger partial charge in [0.25, 0.3) is 0 Å². The molecule has 82 valence electrons. The molecule has 1 N–H and O–H groups in total. The summed E-state index contributed by atoms with van der Waals surface area (Å²) >= 11 is 0. The molecule has 0 bridgehead atoms. The van der Waals surface area contributed by atoms with Crippen LogP contribution >= 0.6 is 0 Å². The fourth-order valence-corrected chi connectivity index (χ4v) is 2.10. The standard InChI is InChI=1S/C13H15N3/c1-16-13(11-7-8-14-11)9-12(15-16)10-5-3-2-4-6-10/h2-6,9,11,14H,7-8H2,1H3. The van der Waals surface area contributed by atoms with E-state index in [0.29, 0.717) is 6.04 Å². The van der Waals surface area contributed by atoms with Crippen LogP contribution in [0.3, 0.4) is 0 Å². The molecular formula is C13H15N3. The van der Waals surface area contributed by atoms with Gasteiger partial charge in [-0.3, -0.25) is 4.68 Å². The number of benzene rings is 1. The Morgan fingerprint density at radius 3 is 2.69 bits per heavy atom. The molecule has 3 nitrogen and oxygen atoms in total. The van der Waals surface area contributed by atoms with E-state index in [1.54, 1.807) is 0 Å². The molecule has 0 aliphatic carbocycles. The first-order chi connectivity index (χ1) is 7.84. The topological polar surface area (TPSA) is 29.9 Å². The van der Waals surface area contributed by atoms with Gasteiger partial charge in [-0.1, -0.05) is 30.3 Å². The molecule has 1 atom stereocenters. The molecule has 1 aliphatic rings. The zero-order valence-corrected chi connectivity index (χ0v) is 9.35. The minimum atomic E-state index is 0.495. The highest BCUT2D eigenvalue weighted by Gasteiger charge is 2.22. The Bertz CT molecular complexity index is 483. The van der Waals surface area contributed by atoms with Crippen LogP contribution in [0.1, 0.15) is 18.2 Å². The van der Waals surface area contributed by atoms with Gasteiger partial charge in [-0.2, -0.15) is 5.10 Å². The maximum atomic E-state index is 4.56. The van der Waals surface area contributed by atoms with Crippen molar-refractivity contribution in [3.8, 4) is 11.3 Å². The van der Waals surface area contributed by atoms with E-state index >= 15 is 0 Å². The average Bonchev–Trinajstić information content (AvgIpc) is 2.60. The van der Waals surface area contributed by atoms with Gasteiger partial charge in [0, 0.05) is 12.6 Å². The Kier molecular flexibility index (Phi) is 2.26. The van der Waals surface area contributed by atoms with E-state index in [4.69, 9.17) is 0 Å². The van der Waals surface area contributed by atoms with Crippen LogP contribution in [0.15, 0.2) is 36.4 Å². The summed E-state index contributed by atoms with van der Waals surface area (Å²) in [6.45, 7) is 1.12. The molecule has 16 heavy (non-hydrogen) atoms. The maximum Gasteiger partial charge on any atom is 0.0926 e. The van der Waals surface area contributed by atoms with E-state index in [-0.39, 0.29) is 0 Å². The van der Waals surface area contributed by atoms with Crippen molar-refractivity contribution in [1.29, 1.82) is 0 Å². The van der Waals surface area contributed by atoms with Crippen LogP contribution in [0, 0.1) is 0 Å². The highest BCUT2D eigenvalue weighted by molar-refractivity contribution is 5.59. The number of hydrogen-bond acceptors (Lipinski definition) is 2. The lowest BCUT2D eigenvalue weighted by Crippen LogP contribution is -2.36. The van der Waals surface area contributed by atoms with E-state index < -0.39 is 0 Å². The number of aryl methyl sites for hydroxylation is 1. The van der Waals surface area contributed by atoms with E-state index in [1.807, 2.05) is 29.9 Å². The molecule has 3 heteroatoms. The maximum absolute atomic E-state index is 4.56. The second-order valence-corrected chi connectivity index (χ2v) is 4.24. The minimum absolute atomic E-state index is 0.495. The van der Waals surface area contributed by atoms with E-state index in [9.17, 15) is 0 Å². The lowest BCUT2D eigenvalue weighted by atomic mass is 10.0. The van der Waals surface area contributed by atoms with Crippen LogP contribution in [-0.2, 0) is 7.05 Å². The van der Waals surface area contributed by atoms with Crippen molar-refractivity contribution in [2.24, 2.45) is 7.05 Å². The lowest BCUT2D eigenvalue weighted by molar-refractivity contribution is 0.363. The van der Waals surface area contributed by atoms with Gasteiger partial charge in [-0.25, -0.2) is 0 Å². The molecule has 2 heterocycles. The number of nitrogens with one attached hydrogen (secondary N) is 1. The summed E-state index contributed by atoms with van der Waals surface area (Å²) in [5.41, 5.74) is 3.53. The van der Waals surface area contributed by atoms with Crippen molar-refractivity contribution in [2.75, 3.05) is 6.54 Å². The summed E-state index contributed by atoms with van der Waals surface area (Å²) in [7, 11) is 2.02. The molecule has 2 aromatic rings. The van der Waals surface area contributed by atoms with Crippen LogP contribution in [-0.4, -0.2) is 16.3 Å². The van der Waals surface area contributed by atoms with Crippen LogP contribution < -0.4 is 5.32 Å². The van der Waals surface area contributed by atoms with Crippen molar-refractivity contribution < 1.29 is 0 Å². The first-order valence-corrected chi connectivity index (χ1v) is 5.67. The monoisotopic (exact) mass is 213 g/mol. The summed E-state index contributed by atoms with van der Waals surface area (Å²) in [6, 6.07) is 13.0. The summed E-state index contributed by atoms with van der Waals surface area (Å²) < 4.78 is 1.99. The largest absolute Gasteiger partial charge is 0.309 e. The summed E-state index contributed by atoms with van der Waals surface area (Å²) in [4.78, 5) is 0. The van der Waals surface area contributed by atoms with Gasteiger partial charge >= 0.3 is 0 Å². The number of nitrogens with zero attached hydrogens (tertiary/aromatic N) is 2. The third-order valence-corrected chi connectivity index (χ3v) is 3.17. The Morgan fingerprint density at radius 1 is 1.31 bits per heavy atom. The van der Waals surface area contributed by atoms with Crippen LogP contribution in [0.2, 0.25) is 0 Å². The minimum Gasteiger partial charge on any atom is -0.309 e. The van der Waals surface area contributed by atoms with Gasteiger partial charge in [0.15, 0.2) is 0 Å². The molecule has 1 unspecified atom stereocenters. The highest BCUT2D eigenvalue weighted by Crippen LogP contribution is 2.26. The Balaban J connectivity index is 1.97. The van der Waals surface area contributed by atoms with Gasteiger partial charge in [-0.15, -0.1) is 0 Å². The molecule has 0 radical (unpaired) electrons. The predicted molar refractivity (Wildman–Crippen MR) is 64.0 cm³/mol. The quantitative estimate of drug-likeness (QED) is 0.828. The number of aromatic nitrogens is 2. The van der Waals surface area contributed by atoms with Gasteiger partial charge < -0.3 is 5.32 Å².